The molecule has 2 aromatic carbocycles. The molecule has 0 saturated carbocycles. The molecule has 1 N–H and O–H groups in total. The summed E-state index contributed by atoms with van der Waals surface area (Å²) < 4.78 is 33.7. The van der Waals surface area contributed by atoms with Crippen molar-refractivity contribution in [2.75, 3.05) is 16.7 Å². The largest absolute Gasteiger partial charge is 0.497 e. The van der Waals surface area contributed by atoms with Crippen LogP contribution < -0.4 is 14.4 Å². The average Bonchev–Trinajstić information content (AvgIpc) is 2.98. The van der Waals surface area contributed by atoms with Crippen molar-refractivity contribution in [1.82, 2.24) is 4.98 Å². The molecule has 4 rings (SSSR count). The van der Waals surface area contributed by atoms with E-state index in [-0.39, 0.29) is 12.3 Å². The number of aromatic nitrogens is 1. The summed E-state index contributed by atoms with van der Waals surface area (Å²) in [5.41, 5.74) is 6.11. The van der Waals surface area contributed by atoms with Gasteiger partial charge >= 0.3 is 0 Å². The molecule has 6 nitrogen and oxygen atoms in total. The number of aryl methyl sites for hydroxylation is 3. The number of halogens is 1. The van der Waals surface area contributed by atoms with E-state index in [0.717, 1.165) is 43.9 Å². The first-order valence-electron chi connectivity index (χ1n) is 9.86. The summed E-state index contributed by atoms with van der Waals surface area (Å²) in [4.78, 5) is 4.64. The van der Waals surface area contributed by atoms with Gasteiger partial charge in [0.2, 0.25) is 10.0 Å². The minimum absolute atomic E-state index is 0.0506. The second kappa shape index (κ2) is 8.16. The van der Waals surface area contributed by atoms with E-state index < -0.39 is 10.0 Å². The van der Waals surface area contributed by atoms with Crippen LogP contribution in [0.2, 0.25) is 0 Å². The lowest BCUT2D eigenvalue weighted by atomic mass is 10.1. The van der Waals surface area contributed by atoms with Crippen LogP contribution in [0.3, 0.4) is 0 Å². The number of anilines is 3. The zero-order valence-electron chi connectivity index (χ0n) is 17.9. The number of sulfonamides is 1. The zero-order chi connectivity index (χ0) is 22.3. The Morgan fingerprint density at radius 3 is 2.48 bits per heavy atom. The minimum Gasteiger partial charge on any atom is -0.497 e. The van der Waals surface area contributed by atoms with E-state index in [9.17, 15) is 8.42 Å². The van der Waals surface area contributed by atoms with Crippen molar-refractivity contribution < 1.29 is 13.2 Å². The molecule has 3 aromatic rings. The highest BCUT2D eigenvalue weighted by atomic mass is 79.9. The number of nitrogens with one attached hydrogen (secondary N) is 1. The fraction of sp³-hybridized carbons (Fsp3) is 0.261. The molecule has 0 spiro atoms. The predicted octanol–water partition coefficient (Wildman–Crippen LogP) is 5.37. The molecular formula is C23H24BrN3O3S. The van der Waals surface area contributed by atoms with E-state index in [0.29, 0.717) is 11.5 Å². The molecule has 0 unspecified atom stereocenters. The molecule has 1 aliphatic heterocycles. The molecule has 31 heavy (non-hydrogen) atoms. The Hall–Kier alpha value is -2.58. The van der Waals surface area contributed by atoms with Gasteiger partial charge in [0.25, 0.3) is 0 Å². The van der Waals surface area contributed by atoms with Gasteiger partial charge in [-0.25, -0.2) is 13.4 Å². The molecule has 0 saturated heterocycles. The van der Waals surface area contributed by atoms with Crippen molar-refractivity contribution >= 4 is 43.1 Å². The van der Waals surface area contributed by atoms with Crippen molar-refractivity contribution in [3.63, 3.8) is 0 Å². The summed E-state index contributed by atoms with van der Waals surface area (Å²) in [5.74, 6) is 1.36. The monoisotopic (exact) mass is 501 g/mol. The van der Waals surface area contributed by atoms with Gasteiger partial charge in [-0.05, 0) is 77.7 Å². The number of hydrogen-bond acceptors (Lipinski definition) is 5. The maximum atomic E-state index is 13.1. The van der Waals surface area contributed by atoms with Gasteiger partial charge in [-0.15, -0.1) is 0 Å². The molecule has 0 fully saturated rings. The number of nitrogens with zero attached hydrogens (tertiary/aromatic N) is 2. The van der Waals surface area contributed by atoms with Crippen LogP contribution in [0.15, 0.2) is 46.9 Å². The van der Waals surface area contributed by atoms with Crippen LogP contribution in [0.25, 0.3) is 0 Å². The van der Waals surface area contributed by atoms with E-state index in [1.165, 1.54) is 4.31 Å². The highest BCUT2D eigenvalue weighted by molar-refractivity contribution is 9.10. The Balaban J connectivity index is 1.73. The molecule has 2 heterocycles. The second-order valence-corrected chi connectivity index (χ2v) is 10.5. The predicted molar refractivity (Wildman–Crippen MR) is 128 cm³/mol. The number of ether oxygens (including phenoxy) is 1. The Morgan fingerprint density at radius 2 is 1.81 bits per heavy atom. The number of benzene rings is 2. The summed E-state index contributed by atoms with van der Waals surface area (Å²) in [5, 5.41) is 3.38. The topological polar surface area (TPSA) is 71.5 Å². The molecule has 0 amide bonds. The lowest BCUT2D eigenvalue weighted by molar-refractivity contribution is 0.414. The lowest BCUT2D eigenvalue weighted by Crippen LogP contribution is -2.26. The number of hydrogen-bond donors (Lipinski definition) is 1. The SMILES string of the molecule is COc1ccc(CN2c3ccc(C)c(Nc4nc(C)c(C)cc4Br)c3CS2(=O)=O)cc1. The lowest BCUT2D eigenvalue weighted by Gasteiger charge is -2.20. The van der Waals surface area contributed by atoms with E-state index in [4.69, 9.17) is 4.74 Å². The van der Waals surface area contributed by atoms with Crippen LogP contribution in [0, 0.1) is 20.8 Å². The number of pyridine rings is 1. The molecule has 0 bridgehead atoms. The van der Waals surface area contributed by atoms with Crippen molar-refractivity contribution in [2.24, 2.45) is 0 Å². The minimum atomic E-state index is -3.49. The Morgan fingerprint density at radius 1 is 1.10 bits per heavy atom. The van der Waals surface area contributed by atoms with Crippen LogP contribution in [0.1, 0.15) is 27.9 Å². The zero-order valence-corrected chi connectivity index (χ0v) is 20.3. The summed E-state index contributed by atoms with van der Waals surface area (Å²) in [6.07, 6.45) is 0. The smallest absolute Gasteiger partial charge is 0.239 e. The van der Waals surface area contributed by atoms with Crippen LogP contribution >= 0.6 is 15.9 Å². The summed E-state index contributed by atoms with van der Waals surface area (Å²) in [6, 6.07) is 13.3. The van der Waals surface area contributed by atoms with Crippen molar-refractivity contribution in [1.29, 1.82) is 0 Å². The fourth-order valence-electron chi connectivity index (χ4n) is 3.68. The Bertz CT molecular complexity index is 1260. The van der Waals surface area contributed by atoms with Crippen LogP contribution in [-0.2, 0) is 22.3 Å². The van der Waals surface area contributed by atoms with Gasteiger partial charge in [0.05, 0.1) is 29.6 Å². The van der Waals surface area contributed by atoms with Gasteiger partial charge in [-0.3, -0.25) is 4.31 Å². The van der Waals surface area contributed by atoms with Crippen molar-refractivity contribution in [2.45, 2.75) is 33.1 Å². The highest BCUT2D eigenvalue weighted by Crippen LogP contribution is 2.42. The van der Waals surface area contributed by atoms with E-state index in [2.05, 4.69) is 26.2 Å². The third-order valence-corrected chi connectivity index (χ3v) is 7.83. The average molecular weight is 502 g/mol. The normalized spacial score (nSPS) is 14.4. The number of fused-ring (bicyclic) bond motifs is 1. The van der Waals surface area contributed by atoms with Gasteiger partial charge < -0.3 is 10.1 Å². The van der Waals surface area contributed by atoms with Crippen molar-refractivity contribution in [3.8, 4) is 5.75 Å². The van der Waals surface area contributed by atoms with Gasteiger partial charge in [0, 0.05) is 16.9 Å². The third-order valence-electron chi connectivity index (χ3n) is 5.58. The molecule has 0 aliphatic carbocycles. The first-order valence-corrected chi connectivity index (χ1v) is 12.3. The van der Waals surface area contributed by atoms with Crippen LogP contribution in [0.5, 0.6) is 5.75 Å². The Kier molecular flexibility index (Phi) is 5.70. The quantitative estimate of drug-likeness (QED) is 0.508. The van der Waals surface area contributed by atoms with Gasteiger partial charge in [0.15, 0.2) is 0 Å². The summed E-state index contributed by atoms with van der Waals surface area (Å²) in [6.45, 7) is 6.20. The van der Waals surface area contributed by atoms with Gasteiger partial charge in [0.1, 0.15) is 11.6 Å². The van der Waals surface area contributed by atoms with Crippen LogP contribution in [-0.4, -0.2) is 20.5 Å². The maximum absolute atomic E-state index is 13.1. The molecule has 1 aromatic heterocycles. The molecule has 8 heteroatoms. The molecule has 0 atom stereocenters. The van der Waals surface area contributed by atoms with E-state index in [1.54, 1.807) is 7.11 Å². The van der Waals surface area contributed by atoms with Crippen LogP contribution in [0.4, 0.5) is 17.2 Å². The fourth-order valence-corrected chi connectivity index (χ4v) is 5.84. The Labute approximate surface area is 191 Å². The van der Waals surface area contributed by atoms with Crippen molar-refractivity contribution in [3.05, 3.63) is 74.9 Å². The number of methoxy groups -OCH3 is 1. The first kappa shape index (κ1) is 21.6. The standard InChI is InChI=1S/C23H24BrN3O3S/c1-14-5-10-21-19(22(14)26-23-20(24)11-15(2)16(3)25-23)13-31(28,29)27(21)12-17-6-8-18(30-4)9-7-17/h5-11H,12-13H2,1-4H3,(H,25,26). The van der Waals surface area contributed by atoms with Gasteiger partial charge in [-0.1, -0.05) is 18.2 Å². The molecule has 162 valence electrons. The summed E-state index contributed by atoms with van der Waals surface area (Å²) in [7, 11) is -1.88. The number of rotatable bonds is 5. The molecule has 0 radical (unpaired) electrons. The molecular weight excluding hydrogens is 478 g/mol. The second-order valence-electron chi connectivity index (χ2n) is 7.71. The highest BCUT2D eigenvalue weighted by Gasteiger charge is 2.35. The summed E-state index contributed by atoms with van der Waals surface area (Å²) >= 11 is 3.57. The first-order chi connectivity index (χ1) is 14.7. The van der Waals surface area contributed by atoms with Gasteiger partial charge in [-0.2, -0.15) is 0 Å². The van der Waals surface area contributed by atoms with E-state index in [1.807, 2.05) is 63.2 Å². The third kappa shape index (κ3) is 4.14. The maximum Gasteiger partial charge on any atom is 0.239 e. The molecule has 1 aliphatic rings. The van der Waals surface area contributed by atoms with E-state index >= 15 is 0 Å².